The molecule has 0 heterocycles. The van der Waals surface area contributed by atoms with E-state index in [2.05, 4.69) is 11.4 Å². The molecule has 110 valence electrons. The number of hydrogen-bond donors (Lipinski definition) is 2. The van der Waals surface area contributed by atoms with E-state index in [0.717, 1.165) is 19.3 Å². The Labute approximate surface area is 160 Å². The van der Waals surface area contributed by atoms with E-state index in [9.17, 15) is 9.36 Å². The minimum absolute atomic E-state index is 0. The fourth-order valence-electron chi connectivity index (χ4n) is 1.76. The van der Waals surface area contributed by atoms with Crippen LogP contribution in [0.25, 0.3) is 0 Å². The Morgan fingerprint density at radius 1 is 1.00 bits per heavy atom. The molecule has 0 aromatic rings. The van der Waals surface area contributed by atoms with Crippen molar-refractivity contribution in [3.8, 4) is 0 Å². The quantitative estimate of drug-likeness (QED) is 0.332. The normalized spacial score (nSPS) is 10.9. The van der Waals surface area contributed by atoms with Crippen molar-refractivity contribution in [1.82, 2.24) is 0 Å². The van der Waals surface area contributed by atoms with Gasteiger partial charge in [0.1, 0.15) is 0 Å². The molecular formula is C12H26KO5P. The minimum Gasteiger partial charge on any atom is -1.00 e. The first-order valence-corrected chi connectivity index (χ1v) is 8.26. The van der Waals surface area contributed by atoms with E-state index in [1.165, 1.54) is 32.1 Å². The molecule has 0 bridgehead atoms. The number of carbonyl (C=O) groups is 1. The number of unbranched alkanes of at least 4 members (excludes halogenated alkanes) is 8. The summed E-state index contributed by atoms with van der Waals surface area (Å²) in [5, 5.41) is 0. The van der Waals surface area contributed by atoms with Gasteiger partial charge in [-0.25, -0.2) is 4.57 Å². The maximum absolute atomic E-state index is 11.0. The Bertz CT molecular complexity index is 273. The summed E-state index contributed by atoms with van der Waals surface area (Å²) in [4.78, 5) is 27.8. The van der Waals surface area contributed by atoms with Gasteiger partial charge in [-0.3, -0.25) is 14.6 Å². The fraction of sp³-hybridized carbons (Fsp3) is 0.917. The zero-order valence-corrected chi connectivity index (χ0v) is 16.2. The smallest absolute Gasteiger partial charge is 1.00 e. The monoisotopic (exact) mass is 320 g/mol. The number of phosphoric acid groups is 1. The summed E-state index contributed by atoms with van der Waals surface area (Å²) >= 11 is 0. The average Bonchev–Trinajstić information content (AvgIpc) is 2.24. The number of hydrogen-bond acceptors (Lipinski definition) is 3. The Hall–Kier alpha value is 1.26. The van der Waals surface area contributed by atoms with Gasteiger partial charge in [0.15, 0.2) is 0 Å². The predicted octanol–water partition coefficient (Wildman–Crippen LogP) is 0.660. The van der Waals surface area contributed by atoms with E-state index in [4.69, 9.17) is 9.79 Å². The molecule has 0 aromatic heterocycles. The maximum atomic E-state index is 11.0. The molecule has 0 fully saturated rings. The van der Waals surface area contributed by atoms with Gasteiger partial charge in [0.2, 0.25) is 0 Å². The van der Waals surface area contributed by atoms with Gasteiger partial charge in [-0.05, 0) is 6.42 Å². The Morgan fingerprint density at radius 2 is 1.42 bits per heavy atom. The second kappa shape index (κ2) is 14.2. The van der Waals surface area contributed by atoms with Crippen LogP contribution in [-0.4, -0.2) is 15.8 Å². The van der Waals surface area contributed by atoms with Crippen molar-refractivity contribution in [2.75, 3.05) is 0 Å². The molecule has 0 aliphatic rings. The number of rotatable bonds is 11. The van der Waals surface area contributed by atoms with Crippen LogP contribution >= 0.6 is 7.82 Å². The van der Waals surface area contributed by atoms with E-state index in [-0.39, 0.29) is 59.2 Å². The van der Waals surface area contributed by atoms with Crippen LogP contribution < -0.4 is 51.4 Å². The third-order valence-corrected chi connectivity index (χ3v) is 3.15. The first kappa shape index (κ1) is 22.5. The topological polar surface area (TPSA) is 83.8 Å². The molecule has 5 nitrogen and oxygen atoms in total. The zero-order chi connectivity index (χ0) is 13.9. The van der Waals surface area contributed by atoms with Crippen LogP contribution in [-0.2, 0) is 13.9 Å². The summed E-state index contributed by atoms with van der Waals surface area (Å²) in [6.45, 7) is 2.19. The third kappa shape index (κ3) is 19.3. The predicted molar refractivity (Wildman–Crippen MR) is 71.1 cm³/mol. The third-order valence-electron chi connectivity index (χ3n) is 2.71. The molecule has 7 heteroatoms. The second-order valence-corrected chi connectivity index (χ2v) is 5.70. The van der Waals surface area contributed by atoms with Crippen LogP contribution in [0.4, 0.5) is 0 Å². The molecule has 0 saturated carbocycles. The summed E-state index contributed by atoms with van der Waals surface area (Å²) in [7, 11) is -4.65. The van der Waals surface area contributed by atoms with Crippen molar-refractivity contribution >= 4 is 13.8 Å². The molecule has 2 N–H and O–H groups in total. The van der Waals surface area contributed by atoms with Gasteiger partial charge in [0, 0.05) is 6.42 Å². The van der Waals surface area contributed by atoms with Crippen LogP contribution in [0.5, 0.6) is 0 Å². The summed E-state index contributed by atoms with van der Waals surface area (Å²) < 4.78 is 14.3. The standard InChI is InChI=1S/C12H25O5P.K.H/c1-2-3-4-5-6-7-8-9-10-11-12(13)17-18(14,15)16;;/h2-11H2,1H3,(H2,14,15,16);;/q;+1;-1. The SMILES string of the molecule is CCCCCCCCCCCC(=O)OP(=O)(O)O.[H-].[K+]. The molecule has 0 radical (unpaired) electrons. The van der Waals surface area contributed by atoms with Crippen LogP contribution in [0.2, 0.25) is 0 Å². The molecule has 0 aliphatic carbocycles. The largest absolute Gasteiger partial charge is 1.00 e. The summed E-state index contributed by atoms with van der Waals surface area (Å²) in [5.41, 5.74) is 0. The Kier molecular flexibility index (Phi) is 16.8. The van der Waals surface area contributed by atoms with E-state index in [1.807, 2.05) is 0 Å². The van der Waals surface area contributed by atoms with E-state index in [0.29, 0.717) is 6.42 Å². The molecule has 0 atom stereocenters. The molecular weight excluding hydrogens is 294 g/mol. The van der Waals surface area contributed by atoms with Crippen molar-refractivity contribution < 1.29 is 76.5 Å². The molecule has 0 aromatic carbocycles. The van der Waals surface area contributed by atoms with E-state index >= 15 is 0 Å². The Morgan fingerprint density at radius 3 is 1.84 bits per heavy atom. The number of phosphoric ester groups is 1. The molecule has 0 amide bonds. The van der Waals surface area contributed by atoms with Crippen molar-refractivity contribution in [1.29, 1.82) is 0 Å². The van der Waals surface area contributed by atoms with Crippen molar-refractivity contribution in [2.24, 2.45) is 0 Å². The molecule has 0 spiro atoms. The van der Waals surface area contributed by atoms with Crippen LogP contribution in [0, 0.1) is 0 Å². The van der Waals surface area contributed by atoms with E-state index in [1.54, 1.807) is 0 Å². The molecule has 0 unspecified atom stereocenters. The summed E-state index contributed by atoms with van der Waals surface area (Å²) in [6, 6.07) is 0. The minimum atomic E-state index is -4.65. The van der Waals surface area contributed by atoms with Crippen molar-refractivity contribution in [2.45, 2.75) is 71.1 Å². The van der Waals surface area contributed by atoms with Crippen molar-refractivity contribution in [3.05, 3.63) is 0 Å². The first-order chi connectivity index (χ1) is 8.45. The summed E-state index contributed by atoms with van der Waals surface area (Å²) in [5.74, 6) is -0.814. The fourth-order valence-corrected chi connectivity index (χ4v) is 2.11. The van der Waals surface area contributed by atoms with Crippen LogP contribution in [0.15, 0.2) is 0 Å². The molecule has 0 aliphatic heterocycles. The molecule has 0 rings (SSSR count). The Balaban J connectivity index is -0.00000144. The summed E-state index contributed by atoms with van der Waals surface area (Å²) in [6.07, 6.45) is 10.2. The molecule has 0 saturated heterocycles. The van der Waals surface area contributed by atoms with Gasteiger partial charge in [-0.1, -0.05) is 58.3 Å². The van der Waals surface area contributed by atoms with Gasteiger partial charge in [-0.15, -0.1) is 0 Å². The van der Waals surface area contributed by atoms with Gasteiger partial charge in [0.05, 0.1) is 0 Å². The van der Waals surface area contributed by atoms with Crippen LogP contribution in [0.1, 0.15) is 72.6 Å². The first-order valence-electron chi connectivity index (χ1n) is 6.73. The maximum Gasteiger partial charge on any atom is 1.00 e. The van der Waals surface area contributed by atoms with Gasteiger partial charge < -0.3 is 5.95 Å². The molecule has 19 heavy (non-hydrogen) atoms. The second-order valence-electron chi connectivity index (χ2n) is 4.53. The van der Waals surface area contributed by atoms with Gasteiger partial charge in [-0.2, -0.15) is 0 Å². The van der Waals surface area contributed by atoms with Crippen LogP contribution in [0.3, 0.4) is 0 Å². The van der Waals surface area contributed by atoms with Crippen molar-refractivity contribution in [3.63, 3.8) is 0 Å². The number of carbonyl (C=O) groups excluding carboxylic acids is 1. The average molecular weight is 320 g/mol. The van der Waals surface area contributed by atoms with Gasteiger partial charge >= 0.3 is 65.2 Å². The van der Waals surface area contributed by atoms with Gasteiger partial charge in [0.25, 0.3) is 0 Å². The van der Waals surface area contributed by atoms with E-state index < -0.39 is 13.8 Å². The zero-order valence-electron chi connectivity index (χ0n) is 13.1.